The predicted octanol–water partition coefficient (Wildman–Crippen LogP) is 2.46. The molecule has 82 valence electrons. The summed E-state index contributed by atoms with van der Waals surface area (Å²) in [4.78, 5) is 0. The number of methoxy groups -OCH3 is 1. The van der Waals surface area contributed by atoms with E-state index in [1.165, 1.54) is 11.1 Å². The Morgan fingerprint density at radius 3 is 2.67 bits per heavy atom. The summed E-state index contributed by atoms with van der Waals surface area (Å²) >= 11 is 0. The second-order valence-electron chi connectivity index (χ2n) is 4.48. The first-order valence-electron chi connectivity index (χ1n) is 5.48. The molecule has 0 amide bonds. The quantitative estimate of drug-likeness (QED) is 0.820. The Kier molecular flexibility index (Phi) is 2.81. The minimum atomic E-state index is -0.427. The van der Waals surface area contributed by atoms with Crippen molar-refractivity contribution in [2.75, 3.05) is 7.11 Å². The number of ether oxygens (including phenoxy) is 1. The lowest BCUT2D eigenvalue weighted by atomic mass is 9.97. The second kappa shape index (κ2) is 3.95. The topological polar surface area (TPSA) is 29.5 Å². The first-order valence-corrected chi connectivity index (χ1v) is 5.48. The van der Waals surface area contributed by atoms with Crippen LogP contribution in [0.4, 0.5) is 0 Å². The van der Waals surface area contributed by atoms with Gasteiger partial charge in [0, 0.05) is 13.5 Å². The van der Waals surface area contributed by atoms with Gasteiger partial charge in [-0.25, -0.2) is 0 Å². The normalized spacial score (nSPS) is 19.9. The van der Waals surface area contributed by atoms with Crippen LogP contribution in [-0.2, 0) is 11.2 Å². The van der Waals surface area contributed by atoms with Gasteiger partial charge in [-0.2, -0.15) is 0 Å². The molecular weight excluding hydrogens is 188 g/mol. The van der Waals surface area contributed by atoms with Crippen LogP contribution in [0.15, 0.2) is 24.3 Å². The molecule has 0 spiro atoms. The van der Waals surface area contributed by atoms with Crippen molar-refractivity contribution in [3.8, 4) is 0 Å². The zero-order valence-electron chi connectivity index (χ0n) is 9.36. The molecule has 15 heavy (non-hydrogen) atoms. The minimum absolute atomic E-state index is 0.101. The van der Waals surface area contributed by atoms with Crippen LogP contribution in [0.1, 0.15) is 37.0 Å². The maximum Gasteiger partial charge on any atom is 0.0795 e. The first kappa shape index (κ1) is 10.7. The van der Waals surface area contributed by atoms with Crippen molar-refractivity contribution in [2.45, 2.75) is 37.9 Å². The molecule has 1 atom stereocenters. The third kappa shape index (κ3) is 2.39. The molecule has 1 aliphatic rings. The molecule has 2 rings (SSSR count). The summed E-state index contributed by atoms with van der Waals surface area (Å²) in [7, 11) is 1.72. The van der Waals surface area contributed by atoms with E-state index in [1.54, 1.807) is 7.11 Å². The predicted molar refractivity (Wildman–Crippen MR) is 59.8 cm³/mol. The van der Waals surface area contributed by atoms with Crippen LogP contribution in [0, 0.1) is 0 Å². The van der Waals surface area contributed by atoms with Gasteiger partial charge in [0.05, 0.1) is 11.7 Å². The number of aliphatic hydroxyl groups is 1. The van der Waals surface area contributed by atoms with Gasteiger partial charge < -0.3 is 9.84 Å². The summed E-state index contributed by atoms with van der Waals surface area (Å²) in [6.07, 6.45) is 2.73. The van der Waals surface area contributed by atoms with Gasteiger partial charge in [-0.1, -0.05) is 24.3 Å². The highest BCUT2D eigenvalue weighted by Crippen LogP contribution is 2.39. The summed E-state index contributed by atoms with van der Waals surface area (Å²) in [5, 5.41) is 9.92. The summed E-state index contributed by atoms with van der Waals surface area (Å²) in [5.74, 6) is 0. The van der Waals surface area contributed by atoms with E-state index < -0.39 is 5.60 Å². The van der Waals surface area contributed by atoms with Crippen molar-refractivity contribution < 1.29 is 9.84 Å². The average Bonchev–Trinajstić information content (AvgIpc) is 2.96. The highest BCUT2D eigenvalue weighted by molar-refractivity contribution is 5.31. The summed E-state index contributed by atoms with van der Waals surface area (Å²) in [5.41, 5.74) is 1.98. The number of rotatable bonds is 4. The average molecular weight is 206 g/mol. The van der Waals surface area contributed by atoms with Crippen molar-refractivity contribution in [1.29, 1.82) is 0 Å². The lowest BCUT2D eigenvalue weighted by Crippen LogP contribution is -2.13. The highest BCUT2D eigenvalue weighted by Gasteiger charge is 2.40. The molecule has 0 radical (unpaired) electrons. The molecule has 0 aliphatic heterocycles. The standard InChI is InChI=1S/C13H18O2/c1-10(15-2)12-6-4-3-5-11(12)9-13(14)7-8-13/h3-6,10,14H,7-9H2,1-2H3. The van der Waals surface area contributed by atoms with Gasteiger partial charge in [0.15, 0.2) is 0 Å². The van der Waals surface area contributed by atoms with Crippen molar-refractivity contribution in [3.63, 3.8) is 0 Å². The number of benzene rings is 1. The molecule has 1 saturated carbocycles. The molecule has 1 aromatic rings. The Bertz CT molecular complexity index is 342. The van der Waals surface area contributed by atoms with Gasteiger partial charge in [-0.3, -0.25) is 0 Å². The Morgan fingerprint density at radius 2 is 2.07 bits per heavy atom. The largest absolute Gasteiger partial charge is 0.390 e. The molecule has 1 aliphatic carbocycles. The molecule has 1 unspecified atom stereocenters. The fourth-order valence-electron chi connectivity index (χ4n) is 1.89. The van der Waals surface area contributed by atoms with Crippen LogP contribution in [0.3, 0.4) is 0 Å². The Labute approximate surface area is 90.9 Å². The fourth-order valence-corrected chi connectivity index (χ4v) is 1.89. The number of hydrogen-bond donors (Lipinski definition) is 1. The zero-order chi connectivity index (χ0) is 10.9. The monoisotopic (exact) mass is 206 g/mol. The first-order chi connectivity index (χ1) is 7.14. The van der Waals surface area contributed by atoms with Gasteiger partial charge in [0.25, 0.3) is 0 Å². The summed E-state index contributed by atoms with van der Waals surface area (Å²) < 4.78 is 5.33. The third-order valence-corrected chi connectivity index (χ3v) is 3.19. The third-order valence-electron chi connectivity index (χ3n) is 3.19. The molecule has 0 heterocycles. The van der Waals surface area contributed by atoms with Gasteiger partial charge >= 0.3 is 0 Å². The van der Waals surface area contributed by atoms with E-state index in [0.29, 0.717) is 0 Å². The number of hydrogen-bond acceptors (Lipinski definition) is 2. The van der Waals surface area contributed by atoms with Crippen molar-refractivity contribution in [2.24, 2.45) is 0 Å². The minimum Gasteiger partial charge on any atom is -0.390 e. The second-order valence-corrected chi connectivity index (χ2v) is 4.48. The van der Waals surface area contributed by atoms with E-state index in [2.05, 4.69) is 12.1 Å². The molecule has 1 N–H and O–H groups in total. The lowest BCUT2D eigenvalue weighted by Gasteiger charge is -2.17. The van der Waals surface area contributed by atoms with Crippen LogP contribution in [0.25, 0.3) is 0 Å². The van der Waals surface area contributed by atoms with Gasteiger partial charge in [0.1, 0.15) is 0 Å². The van der Waals surface area contributed by atoms with E-state index in [9.17, 15) is 5.11 Å². The van der Waals surface area contributed by atoms with E-state index in [-0.39, 0.29) is 6.10 Å². The summed E-state index contributed by atoms with van der Waals surface area (Å²) in [6.45, 7) is 2.04. The molecule has 1 aromatic carbocycles. The maximum absolute atomic E-state index is 9.92. The van der Waals surface area contributed by atoms with Crippen LogP contribution in [0.2, 0.25) is 0 Å². The Hall–Kier alpha value is -0.860. The lowest BCUT2D eigenvalue weighted by molar-refractivity contribution is 0.116. The molecular formula is C13H18O2. The van der Waals surface area contributed by atoms with E-state index in [0.717, 1.165) is 19.3 Å². The van der Waals surface area contributed by atoms with Gasteiger partial charge in [0.2, 0.25) is 0 Å². The Morgan fingerprint density at radius 1 is 1.40 bits per heavy atom. The smallest absolute Gasteiger partial charge is 0.0795 e. The van der Waals surface area contributed by atoms with Crippen molar-refractivity contribution >= 4 is 0 Å². The highest BCUT2D eigenvalue weighted by atomic mass is 16.5. The van der Waals surface area contributed by atoms with Crippen LogP contribution >= 0.6 is 0 Å². The SMILES string of the molecule is COC(C)c1ccccc1CC1(O)CC1. The molecule has 1 fully saturated rings. The van der Waals surface area contributed by atoms with Crippen LogP contribution in [-0.4, -0.2) is 17.8 Å². The Balaban J connectivity index is 2.21. The molecule has 0 saturated heterocycles. The molecule has 2 nitrogen and oxygen atoms in total. The van der Waals surface area contributed by atoms with Crippen molar-refractivity contribution in [1.82, 2.24) is 0 Å². The van der Waals surface area contributed by atoms with E-state index >= 15 is 0 Å². The van der Waals surface area contributed by atoms with E-state index in [1.807, 2.05) is 19.1 Å². The zero-order valence-corrected chi connectivity index (χ0v) is 9.36. The van der Waals surface area contributed by atoms with Gasteiger partial charge in [-0.05, 0) is 30.9 Å². The maximum atomic E-state index is 9.92. The molecule has 0 aromatic heterocycles. The van der Waals surface area contributed by atoms with Crippen LogP contribution < -0.4 is 0 Å². The summed E-state index contributed by atoms with van der Waals surface area (Å²) in [6, 6.07) is 8.20. The fraction of sp³-hybridized carbons (Fsp3) is 0.538. The van der Waals surface area contributed by atoms with E-state index in [4.69, 9.17) is 4.74 Å². The molecule has 2 heteroatoms. The van der Waals surface area contributed by atoms with Crippen LogP contribution in [0.5, 0.6) is 0 Å². The molecule has 0 bridgehead atoms. The van der Waals surface area contributed by atoms with Crippen molar-refractivity contribution in [3.05, 3.63) is 35.4 Å². The van der Waals surface area contributed by atoms with Gasteiger partial charge in [-0.15, -0.1) is 0 Å².